The third-order valence-electron chi connectivity index (χ3n) is 2.69. The summed E-state index contributed by atoms with van der Waals surface area (Å²) in [4.78, 5) is 11.0. The topological polar surface area (TPSA) is 26.3 Å². The third kappa shape index (κ3) is 1.13. The highest BCUT2D eigenvalue weighted by Crippen LogP contribution is 2.42. The fourth-order valence-electron chi connectivity index (χ4n) is 1.82. The van der Waals surface area contributed by atoms with Gasteiger partial charge in [-0.3, -0.25) is 4.79 Å². The number of esters is 1. The maximum absolute atomic E-state index is 11.0. The highest BCUT2D eigenvalue weighted by atomic mass is 16.5. The fraction of sp³-hybridized carbons (Fsp3) is 0.364. The van der Waals surface area contributed by atoms with Crippen LogP contribution in [-0.2, 0) is 11.2 Å². The van der Waals surface area contributed by atoms with E-state index in [4.69, 9.17) is 4.74 Å². The number of benzene rings is 1. The van der Waals surface area contributed by atoms with Gasteiger partial charge in [0.25, 0.3) is 0 Å². The largest absolute Gasteiger partial charge is 0.426 e. The molecule has 1 fully saturated rings. The third-order valence-corrected chi connectivity index (χ3v) is 2.69. The zero-order valence-electron chi connectivity index (χ0n) is 7.25. The lowest BCUT2D eigenvalue weighted by molar-refractivity contribution is -0.131. The van der Waals surface area contributed by atoms with E-state index in [1.807, 2.05) is 6.07 Å². The Balaban J connectivity index is 2.02. The van der Waals surface area contributed by atoms with E-state index in [9.17, 15) is 4.79 Å². The summed E-state index contributed by atoms with van der Waals surface area (Å²) in [6.45, 7) is 0. The first-order valence-electron chi connectivity index (χ1n) is 4.66. The van der Waals surface area contributed by atoms with Crippen LogP contribution in [0.5, 0.6) is 5.75 Å². The lowest BCUT2D eigenvalue weighted by Crippen LogP contribution is -2.00. The normalized spacial score (nSPS) is 19.8. The Hall–Kier alpha value is -1.31. The minimum absolute atomic E-state index is 0.122. The Morgan fingerprint density at radius 1 is 1.31 bits per heavy atom. The van der Waals surface area contributed by atoms with Gasteiger partial charge in [0.1, 0.15) is 5.75 Å². The summed E-state index contributed by atoms with van der Waals surface area (Å²) in [7, 11) is 0. The van der Waals surface area contributed by atoms with E-state index >= 15 is 0 Å². The number of hydrogen-bond acceptors (Lipinski definition) is 2. The van der Waals surface area contributed by atoms with Gasteiger partial charge >= 0.3 is 5.97 Å². The summed E-state index contributed by atoms with van der Waals surface area (Å²) in [5.41, 5.74) is 2.44. The van der Waals surface area contributed by atoms with Crippen LogP contribution in [0.1, 0.15) is 29.9 Å². The van der Waals surface area contributed by atoms with Crippen LogP contribution in [0.15, 0.2) is 18.2 Å². The molecule has 0 bridgehead atoms. The molecule has 0 saturated heterocycles. The monoisotopic (exact) mass is 174 g/mol. The summed E-state index contributed by atoms with van der Waals surface area (Å²) >= 11 is 0. The van der Waals surface area contributed by atoms with Crippen LogP contribution in [0.2, 0.25) is 0 Å². The molecule has 3 rings (SSSR count). The summed E-state index contributed by atoms with van der Waals surface area (Å²) in [6.07, 6.45) is 3.05. The van der Waals surface area contributed by atoms with Crippen LogP contribution in [0.4, 0.5) is 0 Å². The van der Waals surface area contributed by atoms with Gasteiger partial charge in [0, 0.05) is 5.56 Å². The molecule has 1 heterocycles. The number of ether oxygens (including phenoxy) is 1. The molecule has 13 heavy (non-hydrogen) atoms. The minimum Gasteiger partial charge on any atom is -0.426 e. The van der Waals surface area contributed by atoms with Gasteiger partial charge in [-0.25, -0.2) is 0 Å². The molecular formula is C11H10O2. The first kappa shape index (κ1) is 7.13. The van der Waals surface area contributed by atoms with E-state index in [2.05, 4.69) is 12.1 Å². The summed E-state index contributed by atoms with van der Waals surface area (Å²) in [5, 5.41) is 0. The molecule has 1 aromatic carbocycles. The van der Waals surface area contributed by atoms with Crippen molar-refractivity contribution in [3.63, 3.8) is 0 Å². The van der Waals surface area contributed by atoms with Crippen molar-refractivity contribution in [3.8, 4) is 5.75 Å². The van der Waals surface area contributed by atoms with Crippen LogP contribution in [0.3, 0.4) is 0 Å². The molecule has 1 aliphatic carbocycles. The second kappa shape index (κ2) is 2.34. The van der Waals surface area contributed by atoms with Crippen LogP contribution >= 0.6 is 0 Å². The standard InChI is InChI=1S/C11H10O2/c12-11-6-9-5-8(7-1-2-7)3-4-10(9)13-11/h3-5,7H,1-2,6H2. The zero-order valence-corrected chi connectivity index (χ0v) is 7.25. The van der Waals surface area contributed by atoms with Crippen molar-refractivity contribution in [3.05, 3.63) is 29.3 Å². The molecule has 1 aromatic rings. The highest BCUT2D eigenvalue weighted by molar-refractivity contribution is 5.81. The van der Waals surface area contributed by atoms with Crippen molar-refractivity contribution in [2.75, 3.05) is 0 Å². The molecule has 0 radical (unpaired) electrons. The predicted molar refractivity (Wildman–Crippen MR) is 47.8 cm³/mol. The van der Waals surface area contributed by atoms with E-state index < -0.39 is 0 Å². The molecule has 1 saturated carbocycles. The van der Waals surface area contributed by atoms with Crippen LogP contribution in [0, 0.1) is 0 Å². The van der Waals surface area contributed by atoms with Crippen LogP contribution < -0.4 is 4.74 Å². The molecule has 66 valence electrons. The number of hydrogen-bond donors (Lipinski definition) is 0. The van der Waals surface area contributed by atoms with Gasteiger partial charge in [-0.2, -0.15) is 0 Å². The maximum atomic E-state index is 11.0. The Morgan fingerprint density at radius 2 is 2.15 bits per heavy atom. The van der Waals surface area contributed by atoms with Crippen molar-refractivity contribution >= 4 is 5.97 Å². The predicted octanol–water partition coefficient (Wildman–Crippen LogP) is 2.03. The molecule has 0 atom stereocenters. The summed E-state index contributed by atoms with van der Waals surface area (Å²) in [5.74, 6) is 1.39. The van der Waals surface area contributed by atoms with Gasteiger partial charge in [-0.05, 0) is 30.4 Å². The Morgan fingerprint density at radius 3 is 2.92 bits per heavy atom. The lowest BCUT2D eigenvalue weighted by atomic mass is 10.1. The molecule has 0 amide bonds. The molecule has 2 nitrogen and oxygen atoms in total. The first-order valence-corrected chi connectivity index (χ1v) is 4.66. The molecule has 0 aromatic heterocycles. The second-order valence-electron chi connectivity index (χ2n) is 3.79. The first-order chi connectivity index (χ1) is 6.33. The number of rotatable bonds is 1. The van der Waals surface area contributed by atoms with E-state index in [1.54, 1.807) is 0 Å². The minimum atomic E-state index is -0.122. The van der Waals surface area contributed by atoms with E-state index in [0.29, 0.717) is 6.42 Å². The number of carbonyl (C=O) groups excluding carboxylic acids is 1. The highest BCUT2D eigenvalue weighted by Gasteiger charge is 2.26. The van der Waals surface area contributed by atoms with Gasteiger partial charge in [-0.15, -0.1) is 0 Å². The zero-order chi connectivity index (χ0) is 8.84. The quantitative estimate of drug-likeness (QED) is 0.481. The molecule has 2 aliphatic rings. The molecule has 1 aliphatic heterocycles. The average molecular weight is 174 g/mol. The fourth-order valence-corrected chi connectivity index (χ4v) is 1.82. The Bertz CT molecular complexity index is 378. The average Bonchev–Trinajstić information content (AvgIpc) is 2.87. The van der Waals surface area contributed by atoms with Gasteiger partial charge in [-0.1, -0.05) is 12.1 Å². The van der Waals surface area contributed by atoms with E-state index in [-0.39, 0.29) is 5.97 Å². The van der Waals surface area contributed by atoms with E-state index in [0.717, 1.165) is 17.2 Å². The second-order valence-corrected chi connectivity index (χ2v) is 3.79. The van der Waals surface area contributed by atoms with Crippen LogP contribution in [0.25, 0.3) is 0 Å². The maximum Gasteiger partial charge on any atom is 0.315 e. The lowest BCUT2D eigenvalue weighted by Gasteiger charge is -2.00. The van der Waals surface area contributed by atoms with Gasteiger partial charge < -0.3 is 4.74 Å². The molecule has 2 heteroatoms. The Kier molecular flexibility index (Phi) is 1.29. The van der Waals surface area contributed by atoms with Gasteiger partial charge in [0.15, 0.2) is 0 Å². The van der Waals surface area contributed by atoms with Crippen molar-refractivity contribution in [1.29, 1.82) is 0 Å². The summed E-state index contributed by atoms with van der Waals surface area (Å²) in [6, 6.07) is 6.13. The van der Waals surface area contributed by atoms with E-state index in [1.165, 1.54) is 18.4 Å². The van der Waals surface area contributed by atoms with Gasteiger partial charge in [0.2, 0.25) is 0 Å². The molecule has 0 N–H and O–H groups in total. The van der Waals surface area contributed by atoms with Crippen LogP contribution in [-0.4, -0.2) is 5.97 Å². The number of fused-ring (bicyclic) bond motifs is 1. The van der Waals surface area contributed by atoms with Crippen molar-refractivity contribution < 1.29 is 9.53 Å². The molecule has 0 unspecified atom stereocenters. The SMILES string of the molecule is O=C1Cc2cc(C3CC3)ccc2O1. The summed E-state index contributed by atoms with van der Waals surface area (Å²) < 4.78 is 5.02. The molecular weight excluding hydrogens is 164 g/mol. The van der Waals surface area contributed by atoms with Crippen molar-refractivity contribution in [2.24, 2.45) is 0 Å². The van der Waals surface area contributed by atoms with Crippen molar-refractivity contribution in [1.82, 2.24) is 0 Å². The Labute approximate surface area is 76.5 Å². The number of carbonyl (C=O) groups is 1. The smallest absolute Gasteiger partial charge is 0.315 e. The van der Waals surface area contributed by atoms with Gasteiger partial charge in [0.05, 0.1) is 6.42 Å². The van der Waals surface area contributed by atoms with Crippen molar-refractivity contribution in [2.45, 2.75) is 25.2 Å². The molecule has 0 spiro atoms.